The summed E-state index contributed by atoms with van der Waals surface area (Å²) in [6.07, 6.45) is 0.761. The fourth-order valence-corrected chi connectivity index (χ4v) is 4.66. The molecule has 0 saturated carbocycles. The van der Waals surface area contributed by atoms with E-state index in [0.29, 0.717) is 12.0 Å². The van der Waals surface area contributed by atoms with E-state index in [2.05, 4.69) is 5.32 Å². The van der Waals surface area contributed by atoms with E-state index >= 15 is 0 Å². The number of carbonyl (C=O) groups excluding carboxylic acids is 3. The van der Waals surface area contributed by atoms with E-state index in [9.17, 15) is 24.3 Å². The molecule has 2 N–H and O–H groups in total. The molecule has 2 saturated heterocycles. The number of aliphatic carboxylic acids is 1. The number of amides is 3. The molecule has 30 heavy (non-hydrogen) atoms. The second-order valence-corrected chi connectivity index (χ2v) is 9.16. The second-order valence-electron chi connectivity index (χ2n) is 9.16. The molecule has 1 aromatic carbocycles. The standard InChI is InChI=1S/C22H29N3O5/c1-13-16(22(2,3)4)19(27)24-12-8-11-15(21(29)30)25(24)20(28)17(13)23-18(26)14-9-6-5-7-10-14/h5-7,9-10,13,15-17H,8,11-12H2,1-4H3,(H,23,26)(H,29,30)/t13-,15-,16?,17-/m0/s1. The topological polar surface area (TPSA) is 107 Å². The van der Waals surface area contributed by atoms with E-state index in [1.807, 2.05) is 20.8 Å². The van der Waals surface area contributed by atoms with Crippen molar-refractivity contribution in [2.75, 3.05) is 6.54 Å². The quantitative estimate of drug-likeness (QED) is 0.784. The predicted octanol–water partition coefficient (Wildman–Crippen LogP) is 1.92. The Morgan fingerprint density at radius 3 is 2.30 bits per heavy atom. The van der Waals surface area contributed by atoms with Gasteiger partial charge in [0.1, 0.15) is 6.04 Å². The van der Waals surface area contributed by atoms with E-state index in [0.717, 1.165) is 5.01 Å². The number of nitrogens with one attached hydrogen (secondary N) is 1. The predicted molar refractivity (Wildman–Crippen MR) is 109 cm³/mol. The molecule has 0 spiro atoms. The molecule has 8 nitrogen and oxygen atoms in total. The van der Waals surface area contributed by atoms with Crippen LogP contribution in [0.25, 0.3) is 0 Å². The van der Waals surface area contributed by atoms with Gasteiger partial charge >= 0.3 is 5.97 Å². The van der Waals surface area contributed by atoms with Crippen LogP contribution in [0.5, 0.6) is 0 Å². The number of fused-ring (bicyclic) bond motifs is 1. The molecule has 8 heteroatoms. The van der Waals surface area contributed by atoms with Crippen molar-refractivity contribution in [3.63, 3.8) is 0 Å². The lowest BCUT2D eigenvalue weighted by Gasteiger charge is -2.43. The van der Waals surface area contributed by atoms with E-state index < -0.39 is 47.1 Å². The zero-order valence-electron chi connectivity index (χ0n) is 17.8. The van der Waals surface area contributed by atoms with Gasteiger partial charge in [0, 0.05) is 18.0 Å². The number of carboxylic acids is 1. The third-order valence-electron chi connectivity index (χ3n) is 6.01. The minimum atomic E-state index is -1.16. The van der Waals surface area contributed by atoms with Crippen molar-refractivity contribution >= 4 is 23.7 Å². The number of rotatable bonds is 3. The van der Waals surface area contributed by atoms with Crippen molar-refractivity contribution in [3.8, 4) is 0 Å². The monoisotopic (exact) mass is 415 g/mol. The average molecular weight is 415 g/mol. The molecular weight excluding hydrogens is 386 g/mol. The maximum atomic E-state index is 13.5. The summed E-state index contributed by atoms with van der Waals surface area (Å²) in [5.41, 5.74) is -0.0933. The minimum absolute atomic E-state index is 0.263. The highest BCUT2D eigenvalue weighted by molar-refractivity contribution is 5.99. The molecule has 2 aliphatic heterocycles. The van der Waals surface area contributed by atoms with Gasteiger partial charge in [-0.1, -0.05) is 45.9 Å². The SMILES string of the molecule is C[C@H]1C(C(C)(C)C)C(=O)N2CCC[C@@H](C(=O)O)N2C(=O)[C@H]1NC(=O)c1ccccc1. The molecule has 2 fully saturated rings. The smallest absolute Gasteiger partial charge is 0.328 e. The van der Waals surface area contributed by atoms with Crippen LogP contribution in [0.15, 0.2) is 30.3 Å². The van der Waals surface area contributed by atoms with Crippen LogP contribution in [-0.4, -0.2) is 57.4 Å². The largest absolute Gasteiger partial charge is 0.480 e. The molecule has 2 heterocycles. The summed E-state index contributed by atoms with van der Waals surface area (Å²) in [5.74, 6) is -3.50. The van der Waals surface area contributed by atoms with Gasteiger partial charge in [0.05, 0.1) is 0 Å². The Morgan fingerprint density at radius 2 is 1.73 bits per heavy atom. The van der Waals surface area contributed by atoms with Gasteiger partial charge in [0.15, 0.2) is 6.04 Å². The van der Waals surface area contributed by atoms with Crippen LogP contribution >= 0.6 is 0 Å². The summed E-state index contributed by atoms with van der Waals surface area (Å²) >= 11 is 0. The number of hydrogen-bond acceptors (Lipinski definition) is 4. The van der Waals surface area contributed by atoms with Crippen LogP contribution in [0.1, 0.15) is 50.9 Å². The van der Waals surface area contributed by atoms with Crippen molar-refractivity contribution in [2.24, 2.45) is 17.3 Å². The second kappa shape index (κ2) is 8.08. The van der Waals surface area contributed by atoms with Gasteiger partial charge in [-0.05, 0) is 36.3 Å². The van der Waals surface area contributed by atoms with Crippen LogP contribution in [0, 0.1) is 17.3 Å². The Hall–Kier alpha value is -2.90. The molecule has 1 unspecified atom stereocenters. The molecule has 0 aliphatic carbocycles. The summed E-state index contributed by atoms with van der Waals surface area (Å²) < 4.78 is 0. The highest BCUT2D eigenvalue weighted by atomic mass is 16.4. The highest BCUT2D eigenvalue weighted by Crippen LogP contribution is 2.40. The van der Waals surface area contributed by atoms with Gasteiger partial charge in [-0.25, -0.2) is 9.80 Å². The van der Waals surface area contributed by atoms with Gasteiger partial charge < -0.3 is 10.4 Å². The van der Waals surface area contributed by atoms with Crippen molar-refractivity contribution in [2.45, 2.75) is 52.6 Å². The van der Waals surface area contributed by atoms with Gasteiger partial charge in [0.25, 0.3) is 11.8 Å². The first-order valence-corrected chi connectivity index (χ1v) is 10.3. The zero-order chi connectivity index (χ0) is 22.2. The maximum Gasteiger partial charge on any atom is 0.328 e. The number of hydrogen-bond donors (Lipinski definition) is 2. The summed E-state index contributed by atoms with van der Waals surface area (Å²) in [6, 6.07) is 6.37. The van der Waals surface area contributed by atoms with Crippen molar-refractivity contribution in [1.82, 2.24) is 15.3 Å². The zero-order valence-corrected chi connectivity index (χ0v) is 17.8. The normalized spacial score (nSPS) is 27.3. The first-order valence-electron chi connectivity index (χ1n) is 10.3. The van der Waals surface area contributed by atoms with E-state index in [4.69, 9.17) is 0 Å². The van der Waals surface area contributed by atoms with Crippen LogP contribution in [0.2, 0.25) is 0 Å². The Morgan fingerprint density at radius 1 is 1.10 bits per heavy atom. The molecule has 0 bridgehead atoms. The van der Waals surface area contributed by atoms with Crippen molar-refractivity contribution < 1.29 is 24.3 Å². The van der Waals surface area contributed by atoms with Gasteiger partial charge in [-0.15, -0.1) is 0 Å². The number of hydrazine groups is 1. The molecule has 2 aliphatic rings. The number of carbonyl (C=O) groups is 4. The number of nitrogens with zero attached hydrogens (tertiary/aromatic N) is 2. The van der Waals surface area contributed by atoms with E-state index in [1.165, 1.54) is 5.01 Å². The average Bonchev–Trinajstić information content (AvgIpc) is 2.77. The first-order chi connectivity index (χ1) is 14.0. The Kier molecular flexibility index (Phi) is 5.87. The minimum Gasteiger partial charge on any atom is -0.480 e. The van der Waals surface area contributed by atoms with Crippen LogP contribution in [-0.2, 0) is 14.4 Å². The molecule has 3 rings (SSSR count). The fourth-order valence-electron chi connectivity index (χ4n) is 4.66. The van der Waals surface area contributed by atoms with Gasteiger partial charge in [-0.3, -0.25) is 19.4 Å². The lowest BCUT2D eigenvalue weighted by atomic mass is 9.70. The lowest BCUT2D eigenvalue weighted by Crippen LogP contribution is -2.62. The highest BCUT2D eigenvalue weighted by Gasteiger charge is 2.53. The number of benzene rings is 1. The third kappa shape index (κ3) is 3.91. The number of carboxylic acid groups (broad SMARTS) is 1. The van der Waals surface area contributed by atoms with Gasteiger partial charge in [-0.2, -0.15) is 0 Å². The maximum absolute atomic E-state index is 13.5. The van der Waals surface area contributed by atoms with E-state index in [-0.39, 0.29) is 18.9 Å². The summed E-state index contributed by atoms with van der Waals surface area (Å²) in [7, 11) is 0. The Labute approximate surface area is 176 Å². The molecular formula is C22H29N3O5. The third-order valence-corrected chi connectivity index (χ3v) is 6.01. The Bertz CT molecular complexity index is 848. The Balaban J connectivity index is 2.05. The fraction of sp³-hybridized carbons (Fsp3) is 0.545. The molecule has 0 radical (unpaired) electrons. The van der Waals surface area contributed by atoms with Crippen LogP contribution in [0.3, 0.4) is 0 Å². The summed E-state index contributed by atoms with van der Waals surface area (Å²) in [5, 5.41) is 14.9. The lowest BCUT2D eigenvalue weighted by molar-refractivity contribution is -0.183. The molecule has 0 aromatic heterocycles. The molecule has 4 atom stereocenters. The van der Waals surface area contributed by atoms with Gasteiger partial charge in [0.2, 0.25) is 5.91 Å². The van der Waals surface area contributed by atoms with Crippen LogP contribution < -0.4 is 5.32 Å². The van der Waals surface area contributed by atoms with E-state index in [1.54, 1.807) is 37.3 Å². The molecule has 1 aromatic rings. The van der Waals surface area contributed by atoms with Crippen LogP contribution in [0.4, 0.5) is 0 Å². The first kappa shape index (κ1) is 21.8. The van der Waals surface area contributed by atoms with Crippen molar-refractivity contribution in [3.05, 3.63) is 35.9 Å². The summed E-state index contributed by atoms with van der Waals surface area (Å²) in [6.45, 7) is 7.81. The molecule has 162 valence electrons. The summed E-state index contributed by atoms with van der Waals surface area (Å²) in [4.78, 5) is 51.7. The molecule has 3 amide bonds. The van der Waals surface area contributed by atoms with Crippen molar-refractivity contribution in [1.29, 1.82) is 0 Å².